The molecule has 10 nitrogen and oxygen atoms in total. The Morgan fingerprint density at radius 1 is 1.00 bits per heavy atom. The van der Waals surface area contributed by atoms with Crippen LogP contribution in [0.2, 0.25) is 5.15 Å². The topological polar surface area (TPSA) is 99.3 Å². The lowest BCUT2D eigenvalue weighted by Gasteiger charge is -2.33. The van der Waals surface area contributed by atoms with E-state index < -0.39 is 6.09 Å². The van der Waals surface area contributed by atoms with Gasteiger partial charge in [-0.25, -0.2) is 19.7 Å². The van der Waals surface area contributed by atoms with Crippen molar-refractivity contribution in [1.29, 1.82) is 0 Å². The van der Waals surface area contributed by atoms with Crippen LogP contribution in [0.15, 0.2) is 30.7 Å². The van der Waals surface area contributed by atoms with Gasteiger partial charge in [0, 0.05) is 57.2 Å². The number of hydrogen-bond acceptors (Lipinski definition) is 7. The van der Waals surface area contributed by atoms with Gasteiger partial charge in [-0.1, -0.05) is 11.6 Å². The number of hydrogen-bond donors (Lipinski definition) is 1. The molecular formula is C20H22ClN7O3. The van der Waals surface area contributed by atoms with Crippen molar-refractivity contribution in [3.63, 3.8) is 0 Å². The number of morpholine rings is 1. The van der Waals surface area contributed by atoms with Crippen molar-refractivity contribution in [2.75, 3.05) is 62.3 Å². The summed E-state index contributed by atoms with van der Waals surface area (Å²) in [4.78, 5) is 30.6. The Morgan fingerprint density at radius 3 is 2.45 bits per heavy atom. The smallest absolute Gasteiger partial charge is 0.407 e. The number of carbonyl (C=O) groups is 1. The number of rotatable bonds is 3. The third-order valence-electron chi connectivity index (χ3n) is 5.67. The Bertz CT molecular complexity index is 1090. The third kappa shape index (κ3) is 3.84. The predicted molar refractivity (Wildman–Crippen MR) is 116 cm³/mol. The fourth-order valence-electron chi connectivity index (χ4n) is 4.00. The summed E-state index contributed by atoms with van der Waals surface area (Å²) in [5.74, 6) is 1.62. The minimum absolute atomic E-state index is 0.407. The largest absolute Gasteiger partial charge is 0.465 e. The quantitative estimate of drug-likeness (QED) is 0.656. The average molecular weight is 444 g/mol. The van der Waals surface area contributed by atoms with Crippen LogP contribution in [0.5, 0.6) is 0 Å². The van der Waals surface area contributed by atoms with Gasteiger partial charge in [-0.15, -0.1) is 0 Å². The zero-order valence-corrected chi connectivity index (χ0v) is 17.6. The summed E-state index contributed by atoms with van der Waals surface area (Å²) < 4.78 is 7.39. The molecule has 162 valence electrons. The van der Waals surface area contributed by atoms with E-state index >= 15 is 0 Å². The molecular weight excluding hydrogens is 422 g/mol. The molecule has 3 aromatic heterocycles. The van der Waals surface area contributed by atoms with Gasteiger partial charge in [0.2, 0.25) is 0 Å². The molecule has 2 fully saturated rings. The normalized spacial score (nSPS) is 17.4. The summed E-state index contributed by atoms with van der Waals surface area (Å²) in [5.41, 5.74) is 2.45. The first-order valence-corrected chi connectivity index (χ1v) is 10.5. The number of anilines is 2. The fourth-order valence-corrected chi connectivity index (χ4v) is 4.18. The van der Waals surface area contributed by atoms with Crippen LogP contribution in [0.25, 0.3) is 16.9 Å². The Kier molecular flexibility index (Phi) is 5.24. The third-order valence-corrected chi connectivity index (χ3v) is 5.86. The maximum atomic E-state index is 11.1. The second-order valence-electron chi connectivity index (χ2n) is 7.49. The molecule has 0 bridgehead atoms. The fraction of sp³-hybridized carbons (Fsp3) is 0.400. The van der Waals surface area contributed by atoms with Crippen molar-refractivity contribution in [2.45, 2.75) is 0 Å². The molecule has 3 aromatic rings. The van der Waals surface area contributed by atoms with Crippen LogP contribution >= 0.6 is 11.6 Å². The number of ether oxygens (including phenoxy) is 1. The highest BCUT2D eigenvalue weighted by atomic mass is 35.5. The molecule has 0 aromatic carbocycles. The van der Waals surface area contributed by atoms with Crippen LogP contribution in [0.1, 0.15) is 0 Å². The maximum Gasteiger partial charge on any atom is 0.407 e. The van der Waals surface area contributed by atoms with E-state index in [9.17, 15) is 4.79 Å². The molecule has 0 radical (unpaired) electrons. The SMILES string of the molecule is O=C(O)N1CCN(c2ccc(-c3cnc(N4CCOCC4)c4nc(Cl)cn34)cn2)CC1. The van der Waals surface area contributed by atoms with Gasteiger partial charge < -0.3 is 24.5 Å². The molecule has 5 rings (SSSR count). The Morgan fingerprint density at radius 2 is 1.77 bits per heavy atom. The molecule has 2 aliphatic rings. The van der Waals surface area contributed by atoms with Gasteiger partial charge in [-0.05, 0) is 12.1 Å². The summed E-state index contributed by atoms with van der Waals surface area (Å²) in [5, 5.41) is 9.52. The minimum atomic E-state index is -0.876. The van der Waals surface area contributed by atoms with Crippen LogP contribution < -0.4 is 9.80 Å². The molecule has 0 saturated carbocycles. The minimum Gasteiger partial charge on any atom is -0.465 e. The number of piperazine rings is 1. The van der Waals surface area contributed by atoms with E-state index in [1.54, 1.807) is 12.4 Å². The highest BCUT2D eigenvalue weighted by Crippen LogP contribution is 2.28. The van der Waals surface area contributed by atoms with Gasteiger partial charge in [-0.3, -0.25) is 4.40 Å². The van der Waals surface area contributed by atoms with E-state index in [-0.39, 0.29) is 0 Å². The molecule has 1 N–H and O–H groups in total. The Balaban J connectivity index is 1.41. The zero-order valence-electron chi connectivity index (χ0n) is 16.8. The summed E-state index contributed by atoms with van der Waals surface area (Å²) in [7, 11) is 0. The van der Waals surface area contributed by atoms with Crippen LogP contribution in [0.3, 0.4) is 0 Å². The number of fused-ring (bicyclic) bond motifs is 1. The van der Waals surface area contributed by atoms with Crippen LogP contribution in [-0.2, 0) is 4.74 Å². The van der Waals surface area contributed by atoms with Gasteiger partial charge in [0.05, 0.1) is 25.1 Å². The van der Waals surface area contributed by atoms with Crippen LogP contribution in [-0.4, -0.2) is 87.9 Å². The number of amides is 1. The summed E-state index contributed by atoms with van der Waals surface area (Å²) >= 11 is 6.24. The van der Waals surface area contributed by atoms with E-state index in [0.717, 1.165) is 36.0 Å². The van der Waals surface area contributed by atoms with Gasteiger partial charge in [0.15, 0.2) is 11.5 Å². The molecule has 0 aliphatic carbocycles. The van der Waals surface area contributed by atoms with E-state index in [4.69, 9.17) is 21.4 Å². The lowest BCUT2D eigenvalue weighted by Crippen LogP contribution is -2.48. The number of nitrogens with zero attached hydrogens (tertiary/aromatic N) is 7. The average Bonchev–Trinajstić information content (AvgIpc) is 3.20. The first kappa shape index (κ1) is 19.8. The molecule has 2 saturated heterocycles. The molecule has 31 heavy (non-hydrogen) atoms. The van der Waals surface area contributed by atoms with Gasteiger partial charge >= 0.3 is 6.09 Å². The molecule has 1 amide bonds. The predicted octanol–water partition coefficient (Wildman–Crippen LogP) is 2.08. The van der Waals surface area contributed by atoms with Gasteiger partial charge in [0.1, 0.15) is 11.0 Å². The molecule has 11 heteroatoms. The molecule has 0 spiro atoms. The zero-order chi connectivity index (χ0) is 21.4. The second kappa shape index (κ2) is 8.20. The van der Waals surface area contributed by atoms with Gasteiger partial charge in [-0.2, -0.15) is 0 Å². The highest BCUT2D eigenvalue weighted by molar-refractivity contribution is 6.29. The van der Waals surface area contributed by atoms with Crippen molar-refractivity contribution in [2.24, 2.45) is 0 Å². The number of halogens is 1. The van der Waals surface area contributed by atoms with E-state index in [0.29, 0.717) is 50.2 Å². The number of imidazole rings is 1. The van der Waals surface area contributed by atoms with Crippen molar-refractivity contribution >= 4 is 35.0 Å². The maximum absolute atomic E-state index is 11.1. The van der Waals surface area contributed by atoms with E-state index in [1.165, 1.54) is 4.90 Å². The summed E-state index contributed by atoms with van der Waals surface area (Å²) in [6.45, 7) is 5.04. The van der Waals surface area contributed by atoms with E-state index in [1.807, 2.05) is 22.7 Å². The van der Waals surface area contributed by atoms with Crippen molar-refractivity contribution in [3.05, 3.63) is 35.9 Å². The van der Waals surface area contributed by atoms with Gasteiger partial charge in [0.25, 0.3) is 0 Å². The Labute approximate surface area is 183 Å². The lowest BCUT2D eigenvalue weighted by molar-refractivity contribution is 0.122. The Hall–Kier alpha value is -3.11. The first-order valence-electron chi connectivity index (χ1n) is 10.2. The van der Waals surface area contributed by atoms with Crippen LogP contribution in [0, 0.1) is 0 Å². The summed E-state index contributed by atoms with van der Waals surface area (Å²) in [6.07, 6.45) is 4.53. The number of aromatic nitrogens is 4. The summed E-state index contributed by atoms with van der Waals surface area (Å²) in [6, 6.07) is 3.94. The lowest BCUT2D eigenvalue weighted by atomic mass is 10.2. The molecule has 2 aliphatic heterocycles. The highest BCUT2D eigenvalue weighted by Gasteiger charge is 2.22. The molecule has 5 heterocycles. The van der Waals surface area contributed by atoms with Crippen LogP contribution in [0.4, 0.5) is 16.4 Å². The molecule has 0 unspecified atom stereocenters. The molecule has 0 atom stereocenters. The number of carboxylic acid groups (broad SMARTS) is 1. The van der Waals surface area contributed by atoms with E-state index in [2.05, 4.69) is 24.8 Å². The van der Waals surface area contributed by atoms with Crippen molar-refractivity contribution in [1.82, 2.24) is 24.3 Å². The van der Waals surface area contributed by atoms with Crippen molar-refractivity contribution < 1.29 is 14.6 Å². The first-order chi connectivity index (χ1) is 15.1. The number of pyridine rings is 1. The second-order valence-corrected chi connectivity index (χ2v) is 7.87. The monoisotopic (exact) mass is 443 g/mol. The standard InChI is InChI=1S/C20H22ClN7O3/c21-16-13-28-15(12-23-18(19(28)24-16)26-7-9-31-10-8-26)14-1-2-17(22-11-14)25-3-5-27(6-4-25)20(29)30/h1-2,11-13H,3-10H2,(H,29,30). The van der Waals surface area contributed by atoms with Crippen molar-refractivity contribution in [3.8, 4) is 11.3 Å².